The number of hydrogen-bond donors (Lipinski definition) is 1. The molecule has 32 heavy (non-hydrogen) atoms. The smallest absolute Gasteiger partial charge is 0.234 e. The summed E-state index contributed by atoms with van der Waals surface area (Å²) in [4.78, 5) is 17.8. The summed E-state index contributed by atoms with van der Waals surface area (Å²) in [5.41, 5.74) is 3.19. The van der Waals surface area contributed by atoms with Crippen molar-refractivity contribution in [2.24, 2.45) is 0 Å². The van der Waals surface area contributed by atoms with E-state index in [9.17, 15) is 4.79 Å². The minimum absolute atomic E-state index is 0.0591. The Morgan fingerprint density at radius 1 is 1.12 bits per heavy atom. The third-order valence-corrected chi connectivity index (χ3v) is 5.89. The van der Waals surface area contributed by atoms with Crippen LogP contribution in [-0.4, -0.2) is 27.6 Å². The monoisotopic (exact) mass is 423 g/mol. The molecule has 0 atom stereocenters. The number of hydrogen-bond acceptors (Lipinski definition) is 5. The standard InChI is InChI=1S/C25H21N5O2/c1-32-21-12-11-20(19-9-7-17(15-26)8-10-19)30-22(21)28-23(29-30)25(13-14-25)24(31)27-16-18-5-3-2-4-6-18/h2-12H,13-14,16H2,1H3,(H,27,31). The Bertz CT molecular complexity index is 1330. The summed E-state index contributed by atoms with van der Waals surface area (Å²) in [6.07, 6.45) is 1.41. The predicted molar refractivity (Wildman–Crippen MR) is 119 cm³/mol. The third-order valence-electron chi connectivity index (χ3n) is 5.89. The van der Waals surface area contributed by atoms with E-state index in [4.69, 9.17) is 20.1 Å². The van der Waals surface area contributed by atoms with Crippen LogP contribution < -0.4 is 10.1 Å². The SMILES string of the molecule is COc1ccc(-c2ccc(C#N)cc2)n2nc(C3(C(=O)NCc4ccccc4)CC3)nc12. The van der Waals surface area contributed by atoms with Crippen molar-refractivity contribution in [3.05, 3.63) is 83.7 Å². The second-order valence-corrected chi connectivity index (χ2v) is 7.90. The highest BCUT2D eigenvalue weighted by Gasteiger charge is 2.54. The van der Waals surface area contributed by atoms with Crippen LogP contribution in [-0.2, 0) is 16.8 Å². The summed E-state index contributed by atoms with van der Waals surface area (Å²) in [5.74, 6) is 1.03. The van der Waals surface area contributed by atoms with Crippen molar-refractivity contribution >= 4 is 11.6 Å². The van der Waals surface area contributed by atoms with Gasteiger partial charge in [0.2, 0.25) is 5.91 Å². The van der Waals surface area contributed by atoms with E-state index in [1.807, 2.05) is 54.6 Å². The zero-order valence-corrected chi connectivity index (χ0v) is 17.6. The molecule has 0 saturated heterocycles. The fourth-order valence-electron chi connectivity index (χ4n) is 3.86. The normalized spacial score (nSPS) is 14.0. The summed E-state index contributed by atoms with van der Waals surface area (Å²) in [5, 5.41) is 16.9. The molecule has 7 nitrogen and oxygen atoms in total. The maximum absolute atomic E-state index is 13.1. The van der Waals surface area contributed by atoms with E-state index in [0.717, 1.165) is 16.8 Å². The fraction of sp³-hybridized carbons (Fsp3) is 0.200. The fourth-order valence-corrected chi connectivity index (χ4v) is 3.86. The van der Waals surface area contributed by atoms with Gasteiger partial charge in [-0.1, -0.05) is 42.5 Å². The molecule has 2 aromatic carbocycles. The Morgan fingerprint density at radius 2 is 1.88 bits per heavy atom. The molecule has 1 aliphatic carbocycles. The minimum Gasteiger partial charge on any atom is -0.493 e. The average Bonchev–Trinajstić information content (AvgIpc) is 3.54. The lowest BCUT2D eigenvalue weighted by Crippen LogP contribution is -2.35. The molecule has 1 aliphatic rings. The van der Waals surface area contributed by atoms with Gasteiger partial charge in [0, 0.05) is 12.1 Å². The van der Waals surface area contributed by atoms with Gasteiger partial charge >= 0.3 is 0 Å². The molecule has 5 rings (SSSR count). The zero-order valence-electron chi connectivity index (χ0n) is 17.6. The summed E-state index contributed by atoms with van der Waals surface area (Å²) in [7, 11) is 1.59. The molecule has 2 heterocycles. The molecule has 7 heteroatoms. The van der Waals surface area contributed by atoms with E-state index in [1.54, 1.807) is 23.8 Å². The number of nitrogens with one attached hydrogen (secondary N) is 1. The van der Waals surface area contributed by atoms with Gasteiger partial charge in [-0.3, -0.25) is 4.79 Å². The molecular weight excluding hydrogens is 402 g/mol. The molecule has 2 aromatic heterocycles. The molecule has 1 saturated carbocycles. The molecule has 0 radical (unpaired) electrons. The van der Waals surface area contributed by atoms with Gasteiger partial charge in [0.05, 0.1) is 24.4 Å². The Kier molecular flexibility index (Phi) is 4.83. The quantitative estimate of drug-likeness (QED) is 0.511. The zero-order chi connectivity index (χ0) is 22.1. The first kappa shape index (κ1) is 19.8. The van der Waals surface area contributed by atoms with Crippen LogP contribution in [0.4, 0.5) is 0 Å². The molecule has 1 amide bonds. The van der Waals surface area contributed by atoms with Crippen molar-refractivity contribution in [1.29, 1.82) is 5.26 Å². The number of fused-ring (bicyclic) bond motifs is 1. The molecule has 0 unspecified atom stereocenters. The van der Waals surface area contributed by atoms with Crippen LogP contribution in [0.25, 0.3) is 16.9 Å². The summed E-state index contributed by atoms with van der Waals surface area (Å²) in [6, 6.07) is 23.0. The van der Waals surface area contributed by atoms with Crippen LogP contribution in [0.1, 0.15) is 29.8 Å². The maximum atomic E-state index is 13.1. The molecule has 4 aromatic rings. The van der Waals surface area contributed by atoms with Crippen LogP contribution >= 0.6 is 0 Å². The van der Waals surface area contributed by atoms with Gasteiger partial charge in [0.1, 0.15) is 5.41 Å². The van der Waals surface area contributed by atoms with Gasteiger partial charge in [-0.2, -0.15) is 5.26 Å². The van der Waals surface area contributed by atoms with Crippen LogP contribution in [0.5, 0.6) is 5.75 Å². The number of pyridine rings is 1. The Balaban J connectivity index is 1.50. The Labute approximate surface area is 185 Å². The van der Waals surface area contributed by atoms with Crippen molar-refractivity contribution < 1.29 is 9.53 Å². The second-order valence-electron chi connectivity index (χ2n) is 7.90. The van der Waals surface area contributed by atoms with Crippen LogP contribution in [0, 0.1) is 11.3 Å². The van der Waals surface area contributed by atoms with Crippen molar-refractivity contribution in [1.82, 2.24) is 19.9 Å². The van der Waals surface area contributed by atoms with Crippen molar-refractivity contribution in [2.45, 2.75) is 24.8 Å². The van der Waals surface area contributed by atoms with Gasteiger partial charge < -0.3 is 10.1 Å². The summed E-state index contributed by atoms with van der Waals surface area (Å²) < 4.78 is 7.22. The first-order chi connectivity index (χ1) is 15.6. The second kappa shape index (κ2) is 7.82. The van der Waals surface area contributed by atoms with E-state index in [1.165, 1.54) is 0 Å². The number of rotatable bonds is 6. The van der Waals surface area contributed by atoms with E-state index in [2.05, 4.69) is 11.4 Å². The molecule has 1 fully saturated rings. The van der Waals surface area contributed by atoms with Gasteiger partial charge in [0.25, 0.3) is 0 Å². The highest BCUT2D eigenvalue weighted by Crippen LogP contribution is 2.47. The Hall–Kier alpha value is -4.18. The molecule has 158 valence electrons. The van der Waals surface area contributed by atoms with E-state index in [0.29, 0.717) is 42.2 Å². The highest BCUT2D eigenvalue weighted by atomic mass is 16.5. The van der Waals surface area contributed by atoms with Crippen molar-refractivity contribution in [2.75, 3.05) is 7.11 Å². The van der Waals surface area contributed by atoms with Gasteiger partial charge in [0.15, 0.2) is 17.2 Å². The van der Waals surface area contributed by atoms with E-state index in [-0.39, 0.29) is 5.91 Å². The number of carbonyl (C=O) groups is 1. The first-order valence-electron chi connectivity index (χ1n) is 10.4. The highest BCUT2D eigenvalue weighted by molar-refractivity contribution is 5.90. The van der Waals surface area contributed by atoms with Crippen LogP contribution in [0.15, 0.2) is 66.7 Å². The number of nitrogens with zero attached hydrogens (tertiary/aromatic N) is 4. The van der Waals surface area contributed by atoms with Gasteiger partial charge in [-0.25, -0.2) is 9.50 Å². The Morgan fingerprint density at radius 3 is 2.53 bits per heavy atom. The van der Waals surface area contributed by atoms with Gasteiger partial charge in [-0.05, 0) is 42.7 Å². The number of amides is 1. The van der Waals surface area contributed by atoms with Crippen LogP contribution in [0.3, 0.4) is 0 Å². The van der Waals surface area contributed by atoms with Gasteiger partial charge in [-0.15, -0.1) is 5.10 Å². The number of ether oxygens (including phenoxy) is 1. The number of aromatic nitrogens is 3. The number of benzene rings is 2. The molecule has 0 spiro atoms. The number of nitriles is 1. The van der Waals surface area contributed by atoms with E-state index < -0.39 is 5.41 Å². The molecule has 0 aliphatic heterocycles. The minimum atomic E-state index is -0.715. The molecule has 1 N–H and O–H groups in total. The van der Waals surface area contributed by atoms with Crippen LogP contribution in [0.2, 0.25) is 0 Å². The number of carbonyl (C=O) groups excluding carboxylic acids is 1. The van der Waals surface area contributed by atoms with Crippen molar-refractivity contribution in [3.63, 3.8) is 0 Å². The number of methoxy groups -OCH3 is 1. The van der Waals surface area contributed by atoms with Crippen molar-refractivity contribution in [3.8, 4) is 23.1 Å². The first-order valence-corrected chi connectivity index (χ1v) is 10.4. The topological polar surface area (TPSA) is 92.3 Å². The maximum Gasteiger partial charge on any atom is 0.234 e. The lowest BCUT2D eigenvalue weighted by atomic mass is 10.1. The summed E-state index contributed by atoms with van der Waals surface area (Å²) in [6.45, 7) is 0.467. The molecular formula is C25H21N5O2. The largest absolute Gasteiger partial charge is 0.493 e. The predicted octanol–water partition coefficient (Wildman–Crippen LogP) is 3.62. The summed E-state index contributed by atoms with van der Waals surface area (Å²) >= 11 is 0. The lowest BCUT2D eigenvalue weighted by molar-refractivity contribution is -0.123. The molecule has 0 bridgehead atoms. The average molecular weight is 423 g/mol. The van der Waals surface area contributed by atoms with E-state index >= 15 is 0 Å². The third kappa shape index (κ3) is 3.36. The lowest BCUT2D eigenvalue weighted by Gasteiger charge is -2.12.